The van der Waals surface area contributed by atoms with E-state index in [4.69, 9.17) is 0 Å². The normalized spacial score (nSPS) is 10.7. The number of rotatable bonds is 5. The molecular weight excluding hydrogens is 258 g/mol. The third kappa shape index (κ3) is 3.89. The number of anilines is 1. The summed E-state index contributed by atoms with van der Waals surface area (Å²) >= 11 is 1.49. The van der Waals surface area contributed by atoms with Crippen LogP contribution in [-0.4, -0.2) is 26.5 Å². The van der Waals surface area contributed by atoms with Gasteiger partial charge in [0.2, 0.25) is 0 Å². The Morgan fingerprint density at radius 1 is 1.21 bits per heavy atom. The Hall–Kier alpha value is -1.69. The summed E-state index contributed by atoms with van der Waals surface area (Å²) in [6, 6.07) is 1.94. The lowest BCUT2D eigenvalue weighted by Gasteiger charge is -2.10. The van der Waals surface area contributed by atoms with Gasteiger partial charge in [-0.2, -0.15) is 0 Å². The van der Waals surface area contributed by atoms with Crippen LogP contribution in [0.25, 0.3) is 0 Å². The molecule has 0 radical (unpaired) electrons. The topological polar surface area (TPSA) is 63.6 Å². The van der Waals surface area contributed by atoms with E-state index >= 15 is 0 Å². The molecule has 0 spiro atoms. The van der Waals surface area contributed by atoms with Crippen molar-refractivity contribution in [3.63, 3.8) is 0 Å². The van der Waals surface area contributed by atoms with Crippen LogP contribution in [-0.2, 0) is 0 Å². The number of nitrogens with zero attached hydrogens (tertiary/aromatic N) is 4. The van der Waals surface area contributed by atoms with Gasteiger partial charge in [-0.05, 0) is 18.7 Å². The molecule has 100 valence electrons. The maximum Gasteiger partial charge on any atom is 0.134 e. The lowest BCUT2D eigenvalue weighted by atomic mass is 10.2. The standard InChI is InChI=1S/C13H17N5S/c1-4-15-10-7-11(18-13(17-10)9(2)3)19-12-8-14-5-6-16-12/h5-9H,4H2,1-3H3,(H,15,17,18). The average molecular weight is 275 g/mol. The minimum absolute atomic E-state index is 0.291. The molecule has 0 amide bonds. The third-order valence-corrected chi connectivity index (χ3v) is 3.18. The van der Waals surface area contributed by atoms with Gasteiger partial charge >= 0.3 is 0 Å². The summed E-state index contributed by atoms with van der Waals surface area (Å²) < 4.78 is 0. The molecule has 0 aromatic carbocycles. The predicted molar refractivity (Wildman–Crippen MR) is 76.4 cm³/mol. The smallest absolute Gasteiger partial charge is 0.134 e. The molecule has 2 rings (SSSR count). The zero-order chi connectivity index (χ0) is 13.7. The Morgan fingerprint density at radius 2 is 2.05 bits per heavy atom. The molecule has 0 saturated carbocycles. The molecule has 0 atom stereocenters. The Labute approximate surface area is 117 Å². The van der Waals surface area contributed by atoms with Gasteiger partial charge in [-0.1, -0.05) is 13.8 Å². The van der Waals surface area contributed by atoms with Gasteiger partial charge < -0.3 is 5.32 Å². The van der Waals surface area contributed by atoms with E-state index in [1.165, 1.54) is 11.8 Å². The fourth-order valence-corrected chi connectivity index (χ4v) is 2.22. The van der Waals surface area contributed by atoms with E-state index in [0.717, 1.165) is 28.2 Å². The fraction of sp³-hybridized carbons (Fsp3) is 0.385. The first-order valence-corrected chi connectivity index (χ1v) is 7.07. The highest BCUT2D eigenvalue weighted by Crippen LogP contribution is 2.26. The van der Waals surface area contributed by atoms with Crippen molar-refractivity contribution < 1.29 is 0 Å². The monoisotopic (exact) mass is 275 g/mol. The van der Waals surface area contributed by atoms with Crippen molar-refractivity contribution in [2.75, 3.05) is 11.9 Å². The van der Waals surface area contributed by atoms with Crippen molar-refractivity contribution in [2.45, 2.75) is 36.7 Å². The molecule has 0 bridgehead atoms. The molecule has 5 nitrogen and oxygen atoms in total. The van der Waals surface area contributed by atoms with E-state index < -0.39 is 0 Å². The first-order valence-electron chi connectivity index (χ1n) is 6.25. The lowest BCUT2D eigenvalue weighted by molar-refractivity contribution is 0.754. The molecule has 2 heterocycles. The van der Waals surface area contributed by atoms with Gasteiger partial charge in [0, 0.05) is 30.9 Å². The molecule has 0 unspecified atom stereocenters. The second-order valence-electron chi connectivity index (χ2n) is 4.28. The molecule has 19 heavy (non-hydrogen) atoms. The summed E-state index contributed by atoms with van der Waals surface area (Å²) in [7, 11) is 0. The summed E-state index contributed by atoms with van der Waals surface area (Å²) in [5.41, 5.74) is 0. The van der Waals surface area contributed by atoms with Crippen molar-refractivity contribution in [3.05, 3.63) is 30.5 Å². The summed E-state index contributed by atoms with van der Waals surface area (Å²) in [5.74, 6) is 1.98. The van der Waals surface area contributed by atoms with Crippen LogP contribution in [0, 0.1) is 0 Å². The van der Waals surface area contributed by atoms with E-state index in [9.17, 15) is 0 Å². The number of aromatic nitrogens is 4. The van der Waals surface area contributed by atoms with Crippen molar-refractivity contribution in [1.82, 2.24) is 19.9 Å². The van der Waals surface area contributed by atoms with Crippen LogP contribution in [0.3, 0.4) is 0 Å². The van der Waals surface area contributed by atoms with Crippen LogP contribution >= 0.6 is 11.8 Å². The quantitative estimate of drug-likeness (QED) is 0.846. The Balaban J connectivity index is 2.28. The van der Waals surface area contributed by atoms with Gasteiger partial charge in [0.25, 0.3) is 0 Å². The summed E-state index contributed by atoms with van der Waals surface area (Å²) in [4.78, 5) is 17.3. The summed E-state index contributed by atoms with van der Waals surface area (Å²) in [6.07, 6.45) is 5.07. The Kier molecular flexibility index (Phi) is 4.68. The molecule has 0 aliphatic carbocycles. The maximum absolute atomic E-state index is 4.55. The van der Waals surface area contributed by atoms with E-state index in [1.54, 1.807) is 18.6 Å². The van der Waals surface area contributed by atoms with Gasteiger partial charge in [-0.3, -0.25) is 4.98 Å². The van der Waals surface area contributed by atoms with Crippen LogP contribution in [0.4, 0.5) is 5.82 Å². The van der Waals surface area contributed by atoms with E-state index in [-0.39, 0.29) is 0 Å². The van der Waals surface area contributed by atoms with Gasteiger partial charge in [-0.25, -0.2) is 15.0 Å². The second-order valence-corrected chi connectivity index (χ2v) is 5.32. The van der Waals surface area contributed by atoms with Gasteiger partial charge in [0.05, 0.1) is 6.20 Å². The first-order chi connectivity index (χ1) is 9.19. The maximum atomic E-state index is 4.55. The highest BCUT2D eigenvalue weighted by molar-refractivity contribution is 7.99. The summed E-state index contributed by atoms with van der Waals surface area (Å²) in [6.45, 7) is 7.06. The molecular formula is C13H17N5S. The van der Waals surface area contributed by atoms with Crippen LogP contribution in [0.5, 0.6) is 0 Å². The minimum atomic E-state index is 0.291. The molecule has 0 aliphatic heterocycles. The van der Waals surface area contributed by atoms with Crippen molar-refractivity contribution >= 4 is 17.6 Å². The van der Waals surface area contributed by atoms with E-state index in [1.807, 2.05) is 13.0 Å². The molecule has 0 aliphatic rings. The van der Waals surface area contributed by atoms with Gasteiger partial charge in [0.1, 0.15) is 21.7 Å². The molecule has 6 heteroatoms. The lowest BCUT2D eigenvalue weighted by Crippen LogP contribution is -2.05. The minimum Gasteiger partial charge on any atom is -0.370 e. The predicted octanol–water partition coefficient (Wildman–Crippen LogP) is 2.97. The van der Waals surface area contributed by atoms with Crippen molar-refractivity contribution in [3.8, 4) is 0 Å². The number of hydrogen-bond acceptors (Lipinski definition) is 6. The van der Waals surface area contributed by atoms with E-state index in [0.29, 0.717) is 5.92 Å². The molecule has 1 N–H and O–H groups in total. The number of hydrogen-bond donors (Lipinski definition) is 1. The fourth-order valence-electron chi connectivity index (χ4n) is 1.47. The van der Waals surface area contributed by atoms with Gasteiger partial charge in [0.15, 0.2) is 0 Å². The second kappa shape index (κ2) is 6.47. The zero-order valence-electron chi connectivity index (χ0n) is 11.3. The highest BCUT2D eigenvalue weighted by Gasteiger charge is 2.09. The van der Waals surface area contributed by atoms with Crippen LogP contribution in [0.15, 0.2) is 34.7 Å². The van der Waals surface area contributed by atoms with Crippen molar-refractivity contribution in [1.29, 1.82) is 0 Å². The third-order valence-electron chi connectivity index (χ3n) is 2.34. The molecule has 2 aromatic rings. The van der Waals surface area contributed by atoms with Gasteiger partial charge in [-0.15, -0.1) is 0 Å². The number of nitrogens with one attached hydrogen (secondary N) is 1. The SMILES string of the molecule is CCNc1cc(Sc2cnccn2)nc(C(C)C)n1. The molecule has 0 saturated heterocycles. The average Bonchev–Trinajstić information content (AvgIpc) is 2.40. The molecule has 0 fully saturated rings. The molecule has 2 aromatic heterocycles. The summed E-state index contributed by atoms with van der Waals surface area (Å²) in [5, 5.41) is 4.94. The van der Waals surface area contributed by atoms with E-state index in [2.05, 4.69) is 39.1 Å². The first kappa shape index (κ1) is 13.7. The highest BCUT2D eigenvalue weighted by atomic mass is 32.2. The van der Waals surface area contributed by atoms with Crippen LogP contribution in [0.1, 0.15) is 32.5 Å². The largest absolute Gasteiger partial charge is 0.370 e. The van der Waals surface area contributed by atoms with Crippen LogP contribution in [0.2, 0.25) is 0 Å². The zero-order valence-corrected chi connectivity index (χ0v) is 12.1. The Bertz CT molecular complexity index is 530. The van der Waals surface area contributed by atoms with Crippen LogP contribution < -0.4 is 5.32 Å². The van der Waals surface area contributed by atoms with Crippen molar-refractivity contribution in [2.24, 2.45) is 0 Å². The Morgan fingerprint density at radius 3 is 2.68 bits per heavy atom.